The molecule has 2 nitrogen and oxygen atoms in total. The average Bonchev–Trinajstić information content (AvgIpc) is 2.58. The van der Waals surface area contributed by atoms with Crippen LogP contribution in [0.2, 0.25) is 0 Å². The molecule has 0 aromatic carbocycles. The number of aromatic nitrogens is 2. The Kier molecular flexibility index (Phi) is 2.76. The molecule has 0 fully saturated rings. The molecule has 0 radical (unpaired) electrons. The molecule has 0 saturated heterocycles. The SMILES string of the molecule is ISC#Cc1c[nH]c2ncccc12. The van der Waals surface area contributed by atoms with Gasteiger partial charge in [0.05, 0.1) is 5.56 Å². The van der Waals surface area contributed by atoms with Gasteiger partial charge in [-0.25, -0.2) is 4.98 Å². The van der Waals surface area contributed by atoms with Gasteiger partial charge in [0.1, 0.15) is 5.65 Å². The molecule has 2 aromatic heterocycles. The van der Waals surface area contributed by atoms with E-state index in [-0.39, 0.29) is 0 Å². The second-order valence-corrected chi connectivity index (χ2v) is 4.09. The van der Waals surface area contributed by atoms with Gasteiger partial charge in [-0.05, 0) is 26.3 Å². The predicted molar refractivity (Wildman–Crippen MR) is 64.6 cm³/mol. The Morgan fingerprint density at radius 2 is 2.46 bits per heavy atom. The Labute approximate surface area is 92.1 Å². The van der Waals surface area contributed by atoms with E-state index in [0.29, 0.717) is 0 Å². The summed E-state index contributed by atoms with van der Waals surface area (Å²) in [5.41, 5.74) is 1.90. The monoisotopic (exact) mass is 300 g/mol. The van der Waals surface area contributed by atoms with Crippen molar-refractivity contribution in [1.82, 2.24) is 9.97 Å². The van der Waals surface area contributed by atoms with Crippen LogP contribution in [0, 0.1) is 11.2 Å². The maximum absolute atomic E-state index is 4.18. The fourth-order valence-corrected chi connectivity index (χ4v) is 1.61. The van der Waals surface area contributed by atoms with E-state index in [2.05, 4.69) is 42.3 Å². The van der Waals surface area contributed by atoms with Gasteiger partial charge in [0.15, 0.2) is 0 Å². The van der Waals surface area contributed by atoms with E-state index in [4.69, 9.17) is 0 Å². The van der Waals surface area contributed by atoms with Crippen LogP contribution in [-0.2, 0) is 0 Å². The fraction of sp³-hybridized carbons (Fsp3) is 0. The van der Waals surface area contributed by atoms with Crippen LogP contribution in [-0.4, -0.2) is 9.97 Å². The molecule has 1 N–H and O–H groups in total. The van der Waals surface area contributed by atoms with E-state index in [1.54, 1.807) is 6.20 Å². The smallest absolute Gasteiger partial charge is 0.138 e. The van der Waals surface area contributed by atoms with Crippen molar-refractivity contribution in [3.05, 3.63) is 30.1 Å². The van der Waals surface area contributed by atoms with E-state index in [1.807, 2.05) is 18.3 Å². The largest absolute Gasteiger partial charge is 0.345 e. The van der Waals surface area contributed by atoms with E-state index in [0.717, 1.165) is 16.6 Å². The van der Waals surface area contributed by atoms with Gasteiger partial charge in [-0.2, -0.15) is 0 Å². The maximum atomic E-state index is 4.18. The topological polar surface area (TPSA) is 28.7 Å². The first-order chi connectivity index (χ1) is 6.42. The lowest BCUT2D eigenvalue weighted by Crippen LogP contribution is -1.73. The fourth-order valence-electron chi connectivity index (χ4n) is 1.13. The molecule has 2 rings (SSSR count). The zero-order valence-corrected chi connectivity index (χ0v) is 9.52. The summed E-state index contributed by atoms with van der Waals surface area (Å²) in [6.45, 7) is 0. The number of H-pyrrole nitrogens is 1. The highest BCUT2D eigenvalue weighted by atomic mass is 127. The first-order valence-electron chi connectivity index (χ1n) is 3.62. The zero-order chi connectivity index (χ0) is 9.10. The minimum atomic E-state index is 0.894. The van der Waals surface area contributed by atoms with Gasteiger partial charge < -0.3 is 4.98 Å². The van der Waals surface area contributed by atoms with Gasteiger partial charge in [0, 0.05) is 39.0 Å². The Hall–Kier alpha value is -0.670. The van der Waals surface area contributed by atoms with Gasteiger partial charge >= 0.3 is 0 Å². The zero-order valence-electron chi connectivity index (χ0n) is 6.54. The predicted octanol–water partition coefficient (Wildman–Crippen LogP) is 2.96. The molecule has 0 amide bonds. The number of rotatable bonds is 0. The van der Waals surface area contributed by atoms with Gasteiger partial charge in [-0.3, -0.25) is 0 Å². The summed E-state index contributed by atoms with van der Waals surface area (Å²) in [6.07, 6.45) is 3.65. The number of hydrogen-bond acceptors (Lipinski definition) is 2. The molecule has 0 atom stereocenters. The quantitative estimate of drug-likeness (QED) is 0.598. The van der Waals surface area contributed by atoms with Crippen molar-refractivity contribution in [1.29, 1.82) is 0 Å². The van der Waals surface area contributed by atoms with Crippen LogP contribution < -0.4 is 0 Å². The minimum absolute atomic E-state index is 0.894. The maximum Gasteiger partial charge on any atom is 0.138 e. The van der Waals surface area contributed by atoms with Crippen molar-refractivity contribution in [2.75, 3.05) is 0 Å². The molecule has 0 saturated carbocycles. The second kappa shape index (κ2) is 4.03. The number of nitrogens with one attached hydrogen (secondary N) is 1. The Balaban J connectivity index is 2.58. The van der Waals surface area contributed by atoms with Crippen molar-refractivity contribution >= 4 is 41.2 Å². The summed E-state index contributed by atoms with van der Waals surface area (Å²) in [5.74, 6) is 3.05. The first kappa shape index (κ1) is 8.91. The molecular formula is C9H5IN2S. The molecule has 0 spiro atoms. The normalized spacial score (nSPS) is 9.62. The van der Waals surface area contributed by atoms with Crippen molar-refractivity contribution in [3.63, 3.8) is 0 Å². The number of aromatic amines is 1. The third-order valence-corrected chi connectivity index (χ3v) is 2.52. The van der Waals surface area contributed by atoms with Crippen molar-refractivity contribution in [2.24, 2.45) is 0 Å². The van der Waals surface area contributed by atoms with E-state index in [1.165, 1.54) is 8.93 Å². The first-order valence-corrected chi connectivity index (χ1v) is 6.98. The third-order valence-electron chi connectivity index (χ3n) is 1.68. The summed E-state index contributed by atoms with van der Waals surface area (Å²) in [6, 6.07) is 3.93. The molecule has 0 aliphatic heterocycles. The summed E-state index contributed by atoms with van der Waals surface area (Å²) >= 11 is 2.15. The summed E-state index contributed by atoms with van der Waals surface area (Å²) in [7, 11) is 1.48. The number of fused-ring (bicyclic) bond motifs is 1. The lowest BCUT2D eigenvalue weighted by Gasteiger charge is -1.86. The number of nitrogens with zero attached hydrogens (tertiary/aromatic N) is 1. The number of hydrogen-bond donors (Lipinski definition) is 1. The van der Waals surface area contributed by atoms with Crippen molar-refractivity contribution < 1.29 is 0 Å². The lowest BCUT2D eigenvalue weighted by molar-refractivity contribution is 1.33. The minimum Gasteiger partial charge on any atom is -0.345 e. The van der Waals surface area contributed by atoms with E-state index in [9.17, 15) is 0 Å². The molecule has 0 bridgehead atoms. The highest BCUT2D eigenvalue weighted by Gasteiger charge is 1.99. The molecule has 0 aliphatic rings. The molecule has 4 heteroatoms. The van der Waals surface area contributed by atoms with Gasteiger partial charge in [0.25, 0.3) is 0 Å². The number of halogens is 1. The van der Waals surface area contributed by atoms with E-state index < -0.39 is 0 Å². The average molecular weight is 300 g/mol. The summed E-state index contributed by atoms with van der Waals surface area (Å²) < 4.78 is 0. The Morgan fingerprint density at radius 1 is 1.54 bits per heavy atom. The van der Waals surface area contributed by atoms with Crippen molar-refractivity contribution in [3.8, 4) is 11.2 Å². The second-order valence-electron chi connectivity index (χ2n) is 2.41. The molecule has 0 aliphatic carbocycles. The highest BCUT2D eigenvalue weighted by Crippen LogP contribution is 2.15. The molecule has 0 unspecified atom stereocenters. The third kappa shape index (κ3) is 1.81. The van der Waals surface area contributed by atoms with Crippen molar-refractivity contribution in [2.45, 2.75) is 0 Å². The highest BCUT2D eigenvalue weighted by molar-refractivity contribution is 14.2. The molecule has 2 aromatic rings. The number of pyridine rings is 1. The molecule has 2 heterocycles. The molecular weight excluding hydrogens is 295 g/mol. The molecule has 64 valence electrons. The summed E-state index contributed by atoms with van der Waals surface area (Å²) in [4.78, 5) is 7.25. The van der Waals surface area contributed by atoms with Crippen LogP contribution in [0.1, 0.15) is 5.56 Å². The molecule has 13 heavy (non-hydrogen) atoms. The van der Waals surface area contributed by atoms with Crippen LogP contribution in [0.3, 0.4) is 0 Å². The van der Waals surface area contributed by atoms with Crippen LogP contribution >= 0.6 is 30.1 Å². The van der Waals surface area contributed by atoms with Gasteiger partial charge in [0.2, 0.25) is 0 Å². The Morgan fingerprint density at radius 3 is 3.31 bits per heavy atom. The Bertz CT molecular complexity index is 481. The standard InChI is InChI=1S/C9H5IN2S/c10-13-5-3-7-6-12-9-8(7)2-1-4-11-9/h1-2,4,6H,(H,11,12). The lowest BCUT2D eigenvalue weighted by atomic mass is 10.2. The summed E-state index contributed by atoms with van der Waals surface area (Å²) in [5, 5.41) is 4.03. The van der Waals surface area contributed by atoms with Gasteiger partial charge in [-0.1, -0.05) is 5.92 Å². The van der Waals surface area contributed by atoms with Crippen LogP contribution in [0.4, 0.5) is 0 Å². The van der Waals surface area contributed by atoms with Gasteiger partial charge in [-0.15, -0.1) is 0 Å². The van der Waals surface area contributed by atoms with E-state index >= 15 is 0 Å². The van der Waals surface area contributed by atoms with Crippen LogP contribution in [0.25, 0.3) is 11.0 Å². The van der Waals surface area contributed by atoms with Crippen LogP contribution in [0.5, 0.6) is 0 Å². The van der Waals surface area contributed by atoms with Crippen LogP contribution in [0.15, 0.2) is 24.5 Å².